The van der Waals surface area contributed by atoms with E-state index in [1.807, 2.05) is 12.1 Å². The maximum atomic E-state index is 12.6. The van der Waals surface area contributed by atoms with Crippen molar-refractivity contribution in [3.8, 4) is 0 Å². The molecule has 1 N–H and O–H groups in total. The van der Waals surface area contributed by atoms with E-state index in [1.165, 1.54) is 16.9 Å². The first-order valence-corrected chi connectivity index (χ1v) is 11.8. The number of alkyl halides is 2. The van der Waals surface area contributed by atoms with Crippen LogP contribution in [0, 0.1) is 0 Å². The number of morpholine rings is 1. The SMILES string of the molecule is FC(F)Sc1ccc(Nc2nc(CN3CCOCC3)nc3sc4c(c23)CCC4)cc1. The number of hydrogen-bond acceptors (Lipinski definition) is 7. The molecule has 2 aromatic heterocycles. The van der Waals surface area contributed by atoms with Gasteiger partial charge in [0.25, 0.3) is 5.76 Å². The number of aromatic nitrogens is 2. The smallest absolute Gasteiger partial charge is 0.288 e. The first kappa shape index (κ1) is 20.1. The molecule has 5 rings (SSSR count). The van der Waals surface area contributed by atoms with Gasteiger partial charge in [0, 0.05) is 28.5 Å². The Balaban J connectivity index is 1.47. The summed E-state index contributed by atoms with van der Waals surface area (Å²) in [6.07, 6.45) is 3.33. The molecule has 2 aliphatic rings. The van der Waals surface area contributed by atoms with Gasteiger partial charge in [-0.2, -0.15) is 8.78 Å². The highest BCUT2D eigenvalue weighted by Gasteiger charge is 2.23. The Labute approximate surface area is 181 Å². The predicted molar refractivity (Wildman–Crippen MR) is 117 cm³/mol. The molecule has 1 aliphatic carbocycles. The number of thiophene rings is 1. The molecule has 0 bridgehead atoms. The minimum Gasteiger partial charge on any atom is -0.379 e. The van der Waals surface area contributed by atoms with Crippen molar-refractivity contribution in [1.82, 2.24) is 14.9 Å². The van der Waals surface area contributed by atoms with Crippen molar-refractivity contribution in [2.75, 3.05) is 31.6 Å². The lowest BCUT2D eigenvalue weighted by Crippen LogP contribution is -2.36. The molecule has 0 radical (unpaired) electrons. The van der Waals surface area contributed by atoms with Gasteiger partial charge in [0.2, 0.25) is 0 Å². The molecule has 0 amide bonds. The van der Waals surface area contributed by atoms with Crippen LogP contribution in [0.1, 0.15) is 22.7 Å². The van der Waals surface area contributed by atoms with E-state index in [1.54, 1.807) is 23.5 Å². The number of hydrogen-bond donors (Lipinski definition) is 1. The summed E-state index contributed by atoms with van der Waals surface area (Å²) in [4.78, 5) is 15.1. The largest absolute Gasteiger partial charge is 0.379 e. The van der Waals surface area contributed by atoms with Gasteiger partial charge >= 0.3 is 0 Å². The van der Waals surface area contributed by atoms with Crippen molar-refractivity contribution >= 4 is 44.8 Å². The molecule has 1 aromatic carbocycles. The minimum absolute atomic E-state index is 0.549. The predicted octanol–water partition coefficient (Wildman–Crippen LogP) is 5.07. The van der Waals surface area contributed by atoms with Crippen LogP contribution >= 0.6 is 23.1 Å². The highest BCUT2D eigenvalue weighted by atomic mass is 32.2. The molecule has 0 atom stereocenters. The van der Waals surface area contributed by atoms with Crippen LogP contribution < -0.4 is 5.32 Å². The van der Waals surface area contributed by atoms with Crippen LogP contribution in [0.25, 0.3) is 10.2 Å². The topological polar surface area (TPSA) is 50.3 Å². The van der Waals surface area contributed by atoms with E-state index in [9.17, 15) is 8.78 Å². The van der Waals surface area contributed by atoms with Gasteiger partial charge in [-0.3, -0.25) is 4.90 Å². The third-order valence-electron chi connectivity index (χ3n) is 5.42. The average molecular weight is 449 g/mol. The van der Waals surface area contributed by atoms with Crippen LogP contribution in [0.2, 0.25) is 0 Å². The van der Waals surface area contributed by atoms with Crippen LogP contribution in [-0.2, 0) is 24.1 Å². The lowest BCUT2D eigenvalue weighted by Gasteiger charge is -2.25. The van der Waals surface area contributed by atoms with Gasteiger partial charge < -0.3 is 10.1 Å². The second kappa shape index (κ2) is 8.74. The normalized spacial score (nSPS) is 17.0. The zero-order valence-electron chi connectivity index (χ0n) is 16.4. The maximum Gasteiger partial charge on any atom is 0.288 e. The summed E-state index contributed by atoms with van der Waals surface area (Å²) in [5.41, 5.74) is 2.20. The van der Waals surface area contributed by atoms with E-state index in [4.69, 9.17) is 14.7 Å². The van der Waals surface area contributed by atoms with E-state index in [-0.39, 0.29) is 0 Å². The summed E-state index contributed by atoms with van der Waals surface area (Å²) in [6, 6.07) is 7.08. The first-order valence-electron chi connectivity index (χ1n) is 10.1. The fourth-order valence-electron chi connectivity index (χ4n) is 4.02. The van der Waals surface area contributed by atoms with Gasteiger partial charge in [0.05, 0.1) is 25.1 Å². The lowest BCUT2D eigenvalue weighted by molar-refractivity contribution is 0.0331. The van der Waals surface area contributed by atoms with Crippen molar-refractivity contribution in [2.45, 2.75) is 36.5 Å². The molecular weight excluding hydrogens is 426 g/mol. The van der Waals surface area contributed by atoms with Crippen LogP contribution in [0.5, 0.6) is 0 Å². The molecule has 1 saturated heterocycles. The fourth-order valence-corrected chi connectivity index (χ4v) is 5.80. The van der Waals surface area contributed by atoms with Gasteiger partial charge in [-0.15, -0.1) is 11.3 Å². The molecule has 0 saturated carbocycles. The number of nitrogens with one attached hydrogen (secondary N) is 1. The summed E-state index contributed by atoms with van der Waals surface area (Å²) in [7, 11) is 0. The standard InChI is InChI=1S/C21H22F2N4OS2/c22-21(23)29-14-6-4-13(5-7-14)24-19-18-15-2-1-3-16(15)30-20(18)26-17(25-19)12-27-8-10-28-11-9-27/h4-7,21H,1-3,8-12H2,(H,24,25,26). The first-order chi connectivity index (χ1) is 14.7. The van der Waals surface area contributed by atoms with Gasteiger partial charge in [-0.1, -0.05) is 11.8 Å². The van der Waals surface area contributed by atoms with Gasteiger partial charge in [0.15, 0.2) is 0 Å². The molecule has 158 valence electrons. The number of benzene rings is 1. The Morgan fingerprint density at radius 3 is 2.70 bits per heavy atom. The second-order valence-corrected chi connectivity index (χ2v) is 9.59. The Morgan fingerprint density at radius 1 is 1.13 bits per heavy atom. The van der Waals surface area contributed by atoms with E-state index in [2.05, 4.69) is 10.2 Å². The summed E-state index contributed by atoms with van der Waals surface area (Å²) in [5.74, 6) is -0.796. The van der Waals surface area contributed by atoms with Crippen molar-refractivity contribution < 1.29 is 13.5 Å². The molecule has 0 spiro atoms. The van der Waals surface area contributed by atoms with Crippen LogP contribution in [0.3, 0.4) is 0 Å². The molecule has 3 heterocycles. The zero-order valence-corrected chi connectivity index (χ0v) is 18.0. The van der Waals surface area contributed by atoms with Gasteiger partial charge in [-0.05, 0) is 49.1 Å². The number of aryl methyl sites for hydroxylation is 2. The number of thioether (sulfide) groups is 1. The van der Waals surface area contributed by atoms with Crippen molar-refractivity contribution in [1.29, 1.82) is 0 Å². The summed E-state index contributed by atoms with van der Waals surface area (Å²) in [6.45, 7) is 3.94. The molecule has 30 heavy (non-hydrogen) atoms. The number of fused-ring (bicyclic) bond motifs is 3. The molecule has 0 unspecified atom stereocenters. The Bertz CT molecular complexity index is 1040. The van der Waals surface area contributed by atoms with E-state index in [0.29, 0.717) is 23.2 Å². The van der Waals surface area contributed by atoms with Gasteiger partial charge in [-0.25, -0.2) is 9.97 Å². The third kappa shape index (κ3) is 4.30. The molecule has 5 nitrogen and oxygen atoms in total. The second-order valence-electron chi connectivity index (χ2n) is 7.44. The number of halogens is 2. The third-order valence-corrected chi connectivity index (χ3v) is 7.33. The molecule has 1 aliphatic heterocycles. The van der Waals surface area contributed by atoms with Crippen molar-refractivity contribution in [3.63, 3.8) is 0 Å². The van der Waals surface area contributed by atoms with Crippen LogP contribution in [-0.4, -0.2) is 46.9 Å². The molecule has 3 aromatic rings. The number of rotatable bonds is 6. The van der Waals surface area contributed by atoms with E-state index >= 15 is 0 Å². The number of ether oxygens (including phenoxy) is 1. The summed E-state index contributed by atoms with van der Waals surface area (Å²) in [5, 5.41) is 4.55. The van der Waals surface area contributed by atoms with Crippen LogP contribution in [0.15, 0.2) is 29.2 Å². The highest BCUT2D eigenvalue weighted by molar-refractivity contribution is 7.99. The quantitative estimate of drug-likeness (QED) is 0.532. The average Bonchev–Trinajstić information content (AvgIpc) is 3.31. The zero-order chi connectivity index (χ0) is 20.5. The Morgan fingerprint density at radius 2 is 1.93 bits per heavy atom. The minimum atomic E-state index is -2.42. The fraction of sp³-hybridized carbons (Fsp3) is 0.429. The monoisotopic (exact) mass is 448 g/mol. The van der Waals surface area contributed by atoms with E-state index in [0.717, 1.165) is 66.7 Å². The van der Waals surface area contributed by atoms with Crippen LogP contribution in [0.4, 0.5) is 20.3 Å². The van der Waals surface area contributed by atoms with Crippen molar-refractivity contribution in [2.24, 2.45) is 0 Å². The number of nitrogens with zero attached hydrogens (tertiary/aromatic N) is 3. The molecule has 9 heteroatoms. The Kier molecular flexibility index (Phi) is 5.86. The molecular formula is C21H22F2N4OS2. The van der Waals surface area contributed by atoms with E-state index < -0.39 is 5.76 Å². The lowest BCUT2D eigenvalue weighted by atomic mass is 10.2. The summed E-state index contributed by atoms with van der Waals surface area (Å²) >= 11 is 2.33. The highest BCUT2D eigenvalue weighted by Crippen LogP contribution is 2.40. The maximum absolute atomic E-state index is 12.6. The summed E-state index contributed by atoms with van der Waals surface area (Å²) < 4.78 is 30.6. The molecule has 1 fully saturated rings. The number of anilines is 2. The van der Waals surface area contributed by atoms with Gasteiger partial charge in [0.1, 0.15) is 16.5 Å². The Hall–Kier alpha value is -1.81. The van der Waals surface area contributed by atoms with Crippen molar-refractivity contribution in [3.05, 3.63) is 40.5 Å².